The van der Waals surface area contributed by atoms with Gasteiger partial charge >= 0.3 is 0 Å². The molecule has 78 valence electrons. The molecule has 0 N–H and O–H groups in total. The van der Waals surface area contributed by atoms with Crippen molar-refractivity contribution in [2.45, 2.75) is 19.0 Å². The summed E-state index contributed by atoms with van der Waals surface area (Å²) in [5, 5.41) is 0. The van der Waals surface area contributed by atoms with Crippen molar-refractivity contribution < 1.29 is 4.79 Å². The van der Waals surface area contributed by atoms with Gasteiger partial charge in [0.15, 0.2) is 0 Å². The standard InChI is InChI=1S/C13H15NO/c1-2-12-8-13(15)10-14(12)9-11-6-4-3-5-7-11/h2-7,12H,1,8-10H2. The van der Waals surface area contributed by atoms with Crippen molar-refractivity contribution in [1.29, 1.82) is 0 Å². The Hall–Kier alpha value is -1.41. The molecule has 1 atom stereocenters. The minimum absolute atomic E-state index is 0.220. The van der Waals surface area contributed by atoms with Gasteiger partial charge in [-0.3, -0.25) is 9.69 Å². The minimum Gasteiger partial charge on any atom is -0.298 e. The number of carbonyl (C=O) groups excluding carboxylic acids is 1. The molecule has 1 aromatic carbocycles. The summed E-state index contributed by atoms with van der Waals surface area (Å²) in [7, 11) is 0. The molecule has 1 heterocycles. The summed E-state index contributed by atoms with van der Waals surface area (Å²) >= 11 is 0. The molecule has 2 heteroatoms. The molecule has 2 nitrogen and oxygen atoms in total. The van der Waals surface area contributed by atoms with Crippen LogP contribution in [0.2, 0.25) is 0 Å². The van der Waals surface area contributed by atoms with Gasteiger partial charge in [-0.25, -0.2) is 0 Å². The zero-order chi connectivity index (χ0) is 10.7. The molecule has 1 aliphatic heterocycles. The molecule has 1 aliphatic rings. The first-order chi connectivity index (χ1) is 7.29. The molecule has 0 spiro atoms. The van der Waals surface area contributed by atoms with E-state index in [1.807, 2.05) is 24.3 Å². The van der Waals surface area contributed by atoms with Crippen LogP contribution in [-0.4, -0.2) is 23.3 Å². The third kappa shape index (κ3) is 2.34. The molecule has 15 heavy (non-hydrogen) atoms. The molecule has 0 radical (unpaired) electrons. The number of hydrogen-bond donors (Lipinski definition) is 0. The van der Waals surface area contributed by atoms with Gasteiger partial charge in [-0.15, -0.1) is 6.58 Å². The molecular weight excluding hydrogens is 186 g/mol. The first kappa shape index (κ1) is 10.1. The largest absolute Gasteiger partial charge is 0.298 e. The van der Waals surface area contributed by atoms with Gasteiger partial charge in [0.2, 0.25) is 0 Å². The third-order valence-electron chi connectivity index (χ3n) is 2.79. The van der Waals surface area contributed by atoms with Crippen LogP contribution >= 0.6 is 0 Å². The topological polar surface area (TPSA) is 20.3 Å². The van der Waals surface area contributed by atoms with Crippen molar-refractivity contribution in [3.8, 4) is 0 Å². The number of hydrogen-bond acceptors (Lipinski definition) is 2. The number of nitrogens with zero attached hydrogens (tertiary/aromatic N) is 1. The second-order valence-electron chi connectivity index (χ2n) is 3.94. The van der Waals surface area contributed by atoms with E-state index in [0.29, 0.717) is 18.7 Å². The van der Waals surface area contributed by atoms with Crippen LogP contribution in [0.5, 0.6) is 0 Å². The highest BCUT2D eigenvalue weighted by atomic mass is 16.1. The zero-order valence-electron chi connectivity index (χ0n) is 8.73. The molecule has 0 aliphatic carbocycles. The van der Waals surface area contributed by atoms with Crippen LogP contribution in [0.15, 0.2) is 43.0 Å². The van der Waals surface area contributed by atoms with Gasteiger partial charge in [0.25, 0.3) is 0 Å². The first-order valence-electron chi connectivity index (χ1n) is 5.22. The normalized spacial score (nSPS) is 21.9. The van der Waals surface area contributed by atoms with Crippen LogP contribution in [0.25, 0.3) is 0 Å². The van der Waals surface area contributed by atoms with Gasteiger partial charge in [-0.05, 0) is 5.56 Å². The minimum atomic E-state index is 0.220. The van der Waals surface area contributed by atoms with E-state index in [2.05, 4.69) is 23.6 Å². The number of benzene rings is 1. The van der Waals surface area contributed by atoms with Gasteiger partial charge in [0, 0.05) is 19.0 Å². The van der Waals surface area contributed by atoms with Crippen LogP contribution in [0, 0.1) is 0 Å². The van der Waals surface area contributed by atoms with Crippen molar-refractivity contribution >= 4 is 5.78 Å². The van der Waals surface area contributed by atoms with Crippen LogP contribution in [-0.2, 0) is 11.3 Å². The van der Waals surface area contributed by atoms with Crippen LogP contribution in [0.3, 0.4) is 0 Å². The van der Waals surface area contributed by atoms with Gasteiger partial charge < -0.3 is 0 Å². The Labute approximate surface area is 90.2 Å². The number of Topliss-reactive ketones (excluding diaryl/α,β-unsaturated/α-hetero) is 1. The average molecular weight is 201 g/mol. The summed E-state index contributed by atoms with van der Waals surface area (Å²) in [6.07, 6.45) is 2.49. The molecule has 1 aromatic rings. The SMILES string of the molecule is C=CC1CC(=O)CN1Cc1ccccc1. The monoisotopic (exact) mass is 201 g/mol. The lowest BCUT2D eigenvalue weighted by atomic mass is 10.2. The molecule has 2 rings (SSSR count). The van der Waals surface area contributed by atoms with Gasteiger partial charge in [0.1, 0.15) is 5.78 Å². The second kappa shape index (κ2) is 4.41. The van der Waals surface area contributed by atoms with Crippen molar-refractivity contribution in [1.82, 2.24) is 4.90 Å². The van der Waals surface area contributed by atoms with Gasteiger partial charge in [0.05, 0.1) is 6.54 Å². The summed E-state index contributed by atoms with van der Waals surface area (Å²) < 4.78 is 0. The maximum absolute atomic E-state index is 11.3. The fraction of sp³-hybridized carbons (Fsp3) is 0.308. The second-order valence-corrected chi connectivity index (χ2v) is 3.94. The summed E-state index contributed by atoms with van der Waals surface area (Å²) in [6, 6.07) is 10.4. The molecule has 1 saturated heterocycles. The predicted octanol–water partition coefficient (Wildman–Crippen LogP) is 2.02. The van der Waals surface area contributed by atoms with Crippen molar-refractivity contribution in [2.24, 2.45) is 0 Å². The van der Waals surface area contributed by atoms with E-state index in [4.69, 9.17) is 0 Å². The Bertz CT molecular complexity index is 358. The van der Waals surface area contributed by atoms with E-state index in [1.165, 1.54) is 5.56 Å². The van der Waals surface area contributed by atoms with E-state index in [1.54, 1.807) is 0 Å². The fourth-order valence-electron chi connectivity index (χ4n) is 1.99. The van der Waals surface area contributed by atoms with Crippen molar-refractivity contribution in [2.75, 3.05) is 6.54 Å². The zero-order valence-corrected chi connectivity index (χ0v) is 8.73. The lowest BCUT2D eigenvalue weighted by molar-refractivity contribution is -0.116. The Morgan fingerprint density at radius 2 is 2.13 bits per heavy atom. The van der Waals surface area contributed by atoms with Crippen LogP contribution in [0.4, 0.5) is 0 Å². The summed E-state index contributed by atoms with van der Waals surface area (Å²) in [6.45, 7) is 5.17. The van der Waals surface area contributed by atoms with E-state index >= 15 is 0 Å². The molecule has 0 bridgehead atoms. The van der Waals surface area contributed by atoms with Gasteiger partial charge in [-0.1, -0.05) is 36.4 Å². The van der Waals surface area contributed by atoms with E-state index in [-0.39, 0.29) is 6.04 Å². The van der Waals surface area contributed by atoms with Crippen LogP contribution in [0.1, 0.15) is 12.0 Å². The molecule has 0 aromatic heterocycles. The summed E-state index contributed by atoms with van der Waals surface area (Å²) in [5.41, 5.74) is 1.25. The first-order valence-corrected chi connectivity index (χ1v) is 5.22. The third-order valence-corrected chi connectivity index (χ3v) is 2.79. The summed E-state index contributed by atoms with van der Waals surface area (Å²) in [4.78, 5) is 13.5. The highest BCUT2D eigenvalue weighted by molar-refractivity contribution is 5.83. The lowest BCUT2D eigenvalue weighted by Crippen LogP contribution is -2.27. The maximum Gasteiger partial charge on any atom is 0.148 e. The van der Waals surface area contributed by atoms with E-state index < -0.39 is 0 Å². The smallest absolute Gasteiger partial charge is 0.148 e. The predicted molar refractivity (Wildman–Crippen MR) is 60.5 cm³/mol. The number of likely N-dealkylation sites (tertiary alicyclic amines) is 1. The Balaban J connectivity index is 2.06. The number of rotatable bonds is 3. The molecule has 1 unspecified atom stereocenters. The molecular formula is C13H15NO. The van der Waals surface area contributed by atoms with Gasteiger partial charge in [-0.2, -0.15) is 0 Å². The highest BCUT2D eigenvalue weighted by Gasteiger charge is 2.27. The quantitative estimate of drug-likeness (QED) is 0.697. The number of carbonyl (C=O) groups is 1. The van der Waals surface area contributed by atoms with Crippen LogP contribution < -0.4 is 0 Å². The van der Waals surface area contributed by atoms with E-state index in [9.17, 15) is 4.79 Å². The Kier molecular flexibility index (Phi) is 2.97. The summed E-state index contributed by atoms with van der Waals surface area (Å²) in [5.74, 6) is 0.316. The highest BCUT2D eigenvalue weighted by Crippen LogP contribution is 2.18. The molecule has 1 fully saturated rings. The average Bonchev–Trinajstić information content (AvgIpc) is 2.60. The fourth-order valence-corrected chi connectivity index (χ4v) is 1.99. The Morgan fingerprint density at radius 1 is 1.40 bits per heavy atom. The number of ketones is 1. The van der Waals surface area contributed by atoms with Crippen molar-refractivity contribution in [3.63, 3.8) is 0 Å². The lowest BCUT2D eigenvalue weighted by Gasteiger charge is -2.20. The maximum atomic E-state index is 11.3. The van der Waals surface area contributed by atoms with E-state index in [0.717, 1.165) is 6.54 Å². The molecule has 0 saturated carbocycles. The molecule has 0 amide bonds. The Morgan fingerprint density at radius 3 is 2.80 bits per heavy atom. The van der Waals surface area contributed by atoms with Crippen molar-refractivity contribution in [3.05, 3.63) is 48.6 Å².